The van der Waals surface area contributed by atoms with E-state index in [9.17, 15) is 0 Å². The molecule has 2 atom stereocenters. The highest BCUT2D eigenvalue weighted by molar-refractivity contribution is 7.32. The first kappa shape index (κ1) is 76.5. The summed E-state index contributed by atoms with van der Waals surface area (Å²) in [5.74, 6) is 0.816. The molecule has 2 unspecified atom stereocenters. The number of carbonyl (C=O) groups is 2. The van der Waals surface area contributed by atoms with Crippen LogP contribution in [0.1, 0.15) is 323 Å². The zero-order valence-electron chi connectivity index (χ0n) is 59.9. The summed E-state index contributed by atoms with van der Waals surface area (Å²) >= 11 is 10.8. The molecule has 0 fully saturated rings. The SMILES string of the molecule is CCCCCCCCCCC(CCCCCCCC)CN1C(=O)C2=C(c3ccc(-c4cc(CCCCOCCCC)c(-c5nc6sc(-c7sc(C)cc7CCCCC)nc6s5)s4)s3)N(CC(CCCCCCCC)CCCCCCCCCC)C(=O)C2=C1c1ccc(C)s1. The van der Waals surface area contributed by atoms with Crippen molar-refractivity contribution in [1.82, 2.24) is 19.8 Å². The number of carbonyl (C=O) groups excluding carboxylic acids is 2. The maximum absolute atomic E-state index is 16.2. The second kappa shape index (κ2) is 42.6. The van der Waals surface area contributed by atoms with Crippen LogP contribution in [0, 0.1) is 25.7 Å². The number of rotatable bonds is 53. The van der Waals surface area contributed by atoms with E-state index in [-0.39, 0.29) is 11.8 Å². The number of hydrogen-bond acceptors (Lipinski definition) is 11. The van der Waals surface area contributed by atoms with Crippen LogP contribution in [-0.2, 0) is 27.2 Å². The van der Waals surface area contributed by atoms with E-state index >= 15 is 9.59 Å². The van der Waals surface area contributed by atoms with Gasteiger partial charge in [0, 0.05) is 45.8 Å². The molecule has 0 saturated heterocycles. The highest BCUT2D eigenvalue weighted by atomic mass is 32.1. The summed E-state index contributed by atoms with van der Waals surface area (Å²) in [6, 6.07) is 13.8. The van der Waals surface area contributed by atoms with Gasteiger partial charge in [0.2, 0.25) is 0 Å². The fourth-order valence-electron chi connectivity index (χ4n) is 14.3. The Bertz CT molecular complexity index is 3180. The first-order valence-corrected chi connectivity index (χ1v) is 43.4. The van der Waals surface area contributed by atoms with E-state index in [1.54, 1.807) is 45.3 Å². The third-order valence-electron chi connectivity index (χ3n) is 19.8. The van der Waals surface area contributed by atoms with Crippen LogP contribution >= 0.6 is 68.0 Å². The summed E-state index contributed by atoms with van der Waals surface area (Å²) < 4.78 is 6.08. The quantitative estimate of drug-likeness (QED) is 0.0356. The molecule has 0 bridgehead atoms. The van der Waals surface area contributed by atoms with Gasteiger partial charge in [-0.2, -0.15) is 0 Å². The van der Waals surface area contributed by atoms with Crippen molar-refractivity contribution in [2.45, 2.75) is 319 Å². The molecule has 2 aliphatic rings. The van der Waals surface area contributed by atoms with Crippen molar-refractivity contribution < 1.29 is 14.3 Å². The Balaban J connectivity index is 1.16. The predicted molar refractivity (Wildman–Crippen MR) is 416 cm³/mol. The van der Waals surface area contributed by atoms with Gasteiger partial charge in [0.05, 0.1) is 42.0 Å². The molecule has 0 N–H and O–H groups in total. The van der Waals surface area contributed by atoms with Gasteiger partial charge in [0.15, 0.2) is 9.66 Å². The topological polar surface area (TPSA) is 75.6 Å². The first-order chi connectivity index (χ1) is 46.1. The zero-order chi connectivity index (χ0) is 66.3. The Morgan fingerprint density at radius 1 is 0.372 bits per heavy atom. The Morgan fingerprint density at radius 3 is 1.21 bits per heavy atom. The lowest BCUT2D eigenvalue weighted by Gasteiger charge is -2.29. The van der Waals surface area contributed by atoms with Gasteiger partial charge >= 0.3 is 0 Å². The number of fused-ring (bicyclic) bond motifs is 2. The number of ether oxygens (including phenoxy) is 1. The second-order valence-corrected chi connectivity index (χ2v) is 34.6. The van der Waals surface area contributed by atoms with E-state index in [2.05, 4.69) is 102 Å². The molecule has 0 saturated carbocycles. The molecule has 7 nitrogen and oxygen atoms in total. The molecule has 0 radical (unpaired) electrons. The van der Waals surface area contributed by atoms with Crippen LogP contribution in [0.15, 0.2) is 47.5 Å². The summed E-state index contributed by atoms with van der Waals surface area (Å²) in [5, 5.41) is 2.16. The van der Waals surface area contributed by atoms with Crippen LogP contribution in [0.4, 0.5) is 0 Å². The fraction of sp³-hybridized carbons (Fsp3) is 0.679. The van der Waals surface area contributed by atoms with Crippen LogP contribution in [0.5, 0.6) is 0 Å². The standard InChI is InChI=1S/C81H122N4O3S6/c1-9-15-21-25-29-31-35-40-46-62(44-38-33-27-23-17-11-3)58-84-72(67-51-50-60(7)89-67)70-71(81(84)87)73(85(80(70)86)59-63(45-39-34-28-24-18-12-4)47-41-36-32-30-26-22-16-10-2)68-53-52-66(91-68)69-57-65(49-42-43-55-88-54-20-14-6)75(92-69)77-83-79-78(94-77)82-76(93-79)74-64(48-37-19-13-5)56-61(8)90-74/h50-53,56-57,62-63H,9-49,54-55,58-59H2,1-8H3. The number of unbranched alkanes of at least 4 members (excludes halogenated alkanes) is 28. The Hall–Kier alpha value is -3.30. The van der Waals surface area contributed by atoms with Crippen LogP contribution < -0.4 is 0 Å². The van der Waals surface area contributed by atoms with Gasteiger partial charge in [0.1, 0.15) is 10.0 Å². The third-order valence-corrected chi connectivity index (χ3v) is 26.7. The van der Waals surface area contributed by atoms with Gasteiger partial charge in [-0.05, 0) is 137 Å². The fourth-order valence-corrected chi connectivity index (χ4v) is 20.9. The maximum Gasteiger partial charge on any atom is 0.261 e. The molecule has 8 rings (SSSR count). The third kappa shape index (κ3) is 22.9. The normalized spacial score (nSPS) is 14.3. The minimum Gasteiger partial charge on any atom is -0.381 e. The molecule has 2 aliphatic heterocycles. The average Bonchev–Trinajstić information content (AvgIpc) is 1.55. The first-order valence-electron chi connectivity index (χ1n) is 38.5. The number of nitrogens with zero attached hydrogens (tertiary/aromatic N) is 4. The zero-order valence-corrected chi connectivity index (χ0v) is 64.8. The monoisotopic (exact) mass is 1390 g/mol. The Kier molecular flexibility index (Phi) is 34.7. The van der Waals surface area contributed by atoms with E-state index in [1.165, 1.54) is 239 Å². The van der Waals surface area contributed by atoms with Gasteiger partial charge in [-0.15, -0.1) is 45.3 Å². The number of hydrogen-bond donors (Lipinski definition) is 0. The largest absolute Gasteiger partial charge is 0.381 e. The average molecular weight is 1390 g/mol. The van der Waals surface area contributed by atoms with Crippen LogP contribution in [-0.4, -0.2) is 57.9 Å². The van der Waals surface area contributed by atoms with Crippen LogP contribution in [0.25, 0.3) is 50.6 Å². The molecule has 520 valence electrons. The Labute approximate surface area is 594 Å². The minimum atomic E-state index is 0.0399. The lowest BCUT2D eigenvalue weighted by atomic mass is 9.93. The van der Waals surface area contributed by atoms with Gasteiger partial charge in [0.25, 0.3) is 11.8 Å². The summed E-state index contributed by atoms with van der Waals surface area (Å²) in [6.45, 7) is 21.1. The van der Waals surface area contributed by atoms with Crippen molar-refractivity contribution in [2.75, 3.05) is 26.3 Å². The van der Waals surface area contributed by atoms with Gasteiger partial charge in [-0.1, -0.05) is 263 Å². The van der Waals surface area contributed by atoms with Crippen molar-refractivity contribution in [3.63, 3.8) is 0 Å². The molecule has 0 aliphatic carbocycles. The smallest absolute Gasteiger partial charge is 0.261 e. The van der Waals surface area contributed by atoms with Crippen molar-refractivity contribution in [1.29, 1.82) is 0 Å². The van der Waals surface area contributed by atoms with Crippen LogP contribution in [0.3, 0.4) is 0 Å². The van der Waals surface area contributed by atoms with E-state index < -0.39 is 0 Å². The molecule has 2 amide bonds. The van der Waals surface area contributed by atoms with E-state index in [1.807, 2.05) is 22.7 Å². The van der Waals surface area contributed by atoms with E-state index in [0.29, 0.717) is 36.1 Å². The summed E-state index contributed by atoms with van der Waals surface area (Å²) in [4.78, 5) is 59.1. The molecule has 0 spiro atoms. The highest BCUT2D eigenvalue weighted by Gasteiger charge is 2.50. The van der Waals surface area contributed by atoms with Crippen molar-refractivity contribution in [3.05, 3.63) is 78.2 Å². The van der Waals surface area contributed by atoms with Crippen molar-refractivity contribution >= 4 is 101 Å². The minimum absolute atomic E-state index is 0.0399. The molecule has 13 heteroatoms. The van der Waals surface area contributed by atoms with Crippen molar-refractivity contribution in [2.24, 2.45) is 11.8 Å². The number of thiophene rings is 4. The van der Waals surface area contributed by atoms with E-state index in [0.717, 1.165) is 118 Å². The number of amides is 2. The molecule has 94 heavy (non-hydrogen) atoms. The number of aryl methyl sites for hydroxylation is 4. The number of thiazole rings is 2. The molecule has 8 heterocycles. The Morgan fingerprint density at radius 2 is 0.755 bits per heavy atom. The van der Waals surface area contributed by atoms with E-state index in [4.69, 9.17) is 14.7 Å². The maximum atomic E-state index is 16.2. The molecular weight excluding hydrogens is 1270 g/mol. The summed E-state index contributed by atoms with van der Waals surface area (Å²) in [7, 11) is 0. The van der Waals surface area contributed by atoms with Crippen LogP contribution in [0.2, 0.25) is 0 Å². The molecule has 6 aromatic heterocycles. The summed E-state index contributed by atoms with van der Waals surface area (Å²) in [6.07, 6.45) is 50.4. The van der Waals surface area contributed by atoms with Crippen molar-refractivity contribution in [3.8, 4) is 29.5 Å². The summed E-state index contributed by atoms with van der Waals surface area (Å²) in [5.41, 5.74) is 5.83. The number of aromatic nitrogens is 2. The van der Waals surface area contributed by atoms with Gasteiger partial charge in [-0.3, -0.25) is 9.59 Å². The second-order valence-electron chi connectivity index (χ2n) is 27.9. The molecule has 6 aromatic rings. The highest BCUT2D eigenvalue weighted by Crippen LogP contribution is 2.52. The molecule has 0 aromatic carbocycles. The predicted octanol–water partition coefficient (Wildman–Crippen LogP) is 27.1. The van der Waals surface area contributed by atoms with Gasteiger partial charge < -0.3 is 14.5 Å². The lowest BCUT2D eigenvalue weighted by Crippen LogP contribution is -2.34. The lowest BCUT2D eigenvalue weighted by molar-refractivity contribution is -0.124. The molecular formula is C81H122N4O3S6. The van der Waals surface area contributed by atoms with Gasteiger partial charge in [-0.25, -0.2) is 9.97 Å².